The third-order valence-electron chi connectivity index (χ3n) is 4.17. The van der Waals surface area contributed by atoms with Crippen LogP contribution in [0.4, 0.5) is 0 Å². The van der Waals surface area contributed by atoms with Gasteiger partial charge in [0.25, 0.3) is 0 Å². The Kier molecular flexibility index (Phi) is 6.75. The molecule has 0 amide bonds. The minimum absolute atomic E-state index is 0.216. The van der Waals surface area contributed by atoms with E-state index in [0.29, 0.717) is 12.0 Å². The Balaban J connectivity index is 2.36. The summed E-state index contributed by atoms with van der Waals surface area (Å²) in [5.41, 5.74) is 0. The van der Waals surface area contributed by atoms with Gasteiger partial charge < -0.3 is 10.2 Å². The Morgan fingerprint density at radius 2 is 1.89 bits per heavy atom. The lowest BCUT2D eigenvalue weighted by Gasteiger charge is -2.36. The molecule has 2 heteroatoms. The average Bonchev–Trinajstić information content (AvgIpc) is 2.36. The molecule has 18 heavy (non-hydrogen) atoms. The molecule has 1 aliphatic heterocycles. The molecule has 0 bridgehead atoms. The lowest BCUT2D eigenvalue weighted by atomic mass is 9.89. The van der Waals surface area contributed by atoms with E-state index in [1.807, 2.05) is 0 Å². The summed E-state index contributed by atoms with van der Waals surface area (Å²) in [5.74, 6) is 4.18. The first-order valence-electron chi connectivity index (χ1n) is 7.53. The molecular formula is C16H30N2. The topological polar surface area (TPSA) is 15.3 Å². The average molecular weight is 250 g/mol. The molecule has 0 radical (unpaired) electrons. The first-order valence-corrected chi connectivity index (χ1v) is 7.53. The molecule has 0 spiro atoms. The van der Waals surface area contributed by atoms with E-state index in [9.17, 15) is 0 Å². The fourth-order valence-electron chi connectivity index (χ4n) is 2.85. The van der Waals surface area contributed by atoms with E-state index in [-0.39, 0.29) is 6.04 Å². The lowest BCUT2D eigenvalue weighted by Crippen LogP contribution is -2.46. The summed E-state index contributed by atoms with van der Waals surface area (Å²) in [4.78, 5) is 2.59. The first kappa shape index (κ1) is 15.5. The number of likely N-dealkylation sites (tertiary alicyclic amines) is 1. The maximum atomic E-state index is 5.59. The van der Waals surface area contributed by atoms with Crippen molar-refractivity contribution in [3.63, 3.8) is 0 Å². The van der Waals surface area contributed by atoms with Crippen LogP contribution in [0.25, 0.3) is 0 Å². The van der Waals surface area contributed by atoms with Crippen LogP contribution in [-0.2, 0) is 0 Å². The van der Waals surface area contributed by atoms with Gasteiger partial charge in [-0.1, -0.05) is 26.7 Å². The van der Waals surface area contributed by atoms with Crippen LogP contribution in [0.2, 0.25) is 0 Å². The Bertz CT molecular complexity index is 259. The van der Waals surface area contributed by atoms with Crippen molar-refractivity contribution in [2.75, 3.05) is 19.6 Å². The lowest BCUT2D eigenvalue weighted by molar-refractivity contribution is 0.158. The SMILES string of the molecule is C#CC(NC(C)C1CCN(CCC)CC1)C(C)C. The fourth-order valence-corrected chi connectivity index (χ4v) is 2.85. The molecular weight excluding hydrogens is 220 g/mol. The Hall–Kier alpha value is -0.520. The molecule has 0 aromatic rings. The predicted molar refractivity (Wildman–Crippen MR) is 79.5 cm³/mol. The van der Waals surface area contributed by atoms with Crippen LogP contribution in [0, 0.1) is 24.2 Å². The van der Waals surface area contributed by atoms with E-state index in [2.05, 4.69) is 43.8 Å². The Morgan fingerprint density at radius 3 is 2.33 bits per heavy atom. The van der Waals surface area contributed by atoms with Crippen molar-refractivity contribution in [2.45, 2.75) is 59.0 Å². The number of nitrogens with zero attached hydrogens (tertiary/aromatic N) is 1. The largest absolute Gasteiger partial charge is 0.303 e. The first-order chi connectivity index (χ1) is 8.58. The van der Waals surface area contributed by atoms with Crippen molar-refractivity contribution in [1.82, 2.24) is 10.2 Å². The normalized spacial score (nSPS) is 21.8. The van der Waals surface area contributed by atoms with Crippen molar-refractivity contribution in [2.24, 2.45) is 11.8 Å². The second kappa shape index (κ2) is 7.81. The van der Waals surface area contributed by atoms with Gasteiger partial charge in [-0.05, 0) is 57.7 Å². The van der Waals surface area contributed by atoms with Gasteiger partial charge in [-0.15, -0.1) is 6.42 Å². The highest BCUT2D eigenvalue weighted by molar-refractivity contribution is 5.01. The van der Waals surface area contributed by atoms with E-state index >= 15 is 0 Å². The highest BCUT2D eigenvalue weighted by atomic mass is 15.1. The van der Waals surface area contributed by atoms with Crippen LogP contribution in [-0.4, -0.2) is 36.6 Å². The zero-order valence-corrected chi connectivity index (χ0v) is 12.6. The van der Waals surface area contributed by atoms with Gasteiger partial charge in [0.1, 0.15) is 0 Å². The molecule has 1 fully saturated rings. The maximum absolute atomic E-state index is 5.59. The molecule has 1 N–H and O–H groups in total. The third kappa shape index (κ3) is 4.63. The van der Waals surface area contributed by atoms with Crippen LogP contribution in [0.5, 0.6) is 0 Å². The monoisotopic (exact) mass is 250 g/mol. The van der Waals surface area contributed by atoms with Crippen molar-refractivity contribution in [3.05, 3.63) is 0 Å². The molecule has 1 heterocycles. The van der Waals surface area contributed by atoms with E-state index in [1.54, 1.807) is 0 Å². The summed E-state index contributed by atoms with van der Waals surface area (Å²) >= 11 is 0. The number of rotatable bonds is 6. The number of hydrogen-bond donors (Lipinski definition) is 1. The quantitative estimate of drug-likeness (QED) is 0.729. The van der Waals surface area contributed by atoms with Crippen molar-refractivity contribution >= 4 is 0 Å². The minimum Gasteiger partial charge on any atom is -0.303 e. The van der Waals surface area contributed by atoms with Crippen molar-refractivity contribution < 1.29 is 0 Å². The molecule has 0 aromatic heterocycles. The summed E-state index contributed by atoms with van der Waals surface area (Å²) in [7, 11) is 0. The molecule has 1 rings (SSSR count). The van der Waals surface area contributed by atoms with Crippen LogP contribution in [0.15, 0.2) is 0 Å². The summed E-state index contributed by atoms with van der Waals surface area (Å²) in [5, 5.41) is 3.63. The second-order valence-corrected chi connectivity index (χ2v) is 6.02. The Labute approximate surface area is 114 Å². The molecule has 2 unspecified atom stereocenters. The standard InChI is InChI=1S/C16H30N2/c1-6-10-18-11-8-15(9-12-18)14(5)17-16(7-2)13(3)4/h2,13-17H,6,8-12H2,1,3-5H3. The smallest absolute Gasteiger partial charge is 0.0712 e. The van der Waals surface area contributed by atoms with Gasteiger partial charge in [0.2, 0.25) is 0 Å². The van der Waals surface area contributed by atoms with E-state index in [0.717, 1.165) is 5.92 Å². The van der Waals surface area contributed by atoms with E-state index in [1.165, 1.54) is 38.9 Å². The number of nitrogens with one attached hydrogen (secondary N) is 1. The molecule has 0 saturated carbocycles. The summed E-state index contributed by atoms with van der Waals surface area (Å²) in [6.45, 7) is 12.7. The molecule has 1 saturated heterocycles. The third-order valence-corrected chi connectivity index (χ3v) is 4.17. The van der Waals surface area contributed by atoms with Gasteiger partial charge in [0.05, 0.1) is 6.04 Å². The number of terminal acetylenes is 1. The zero-order valence-electron chi connectivity index (χ0n) is 12.6. The van der Waals surface area contributed by atoms with Crippen molar-refractivity contribution in [3.8, 4) is 12.3 Å². The van der Waals surface area contributed by atoms with Gasteiger partial charge >= 0.3 is 0 Å². The Morgan fingerprint density at radius 1 is 1.28 bits per heavy atom. The molecule has 104 valence electrons. The van der Waals surface area contributed by atoms with Crippen LogP contribution in [0.1, 0.15) is 47.0 Å². The molecule has 2 atom stereocenters. The van der Waals surface area contributed by atoms with Gasteiger partial charge in [-0.25, -0.2) is 0 Å². The van der Waals surface area contributed by atoms with Crippen LogP contribution < -0.4 is 5.32 Å². The number of piperidine rings is 1. The fraction of sp³-hybridized carbons (Fsp3) is 0.875. The highest BCUT2D eigenvalue weighted by Crippen LogP contribution is 2.21. The molecule has 0 aromatic carbocycles. The van der Waals surface area contributed by atoms with Crippen LogP contribution in [0.3, 0.4) is 0 Å². The number of hydrogen-bond acceptors (Lipinski definition) is 2. The minimum atomic E-state index is 0.216. The molecule has 1 aliphatic rings. The molecule has 0 aliphatic carbocycles. The second-order valence-electron chi connectivity index (χ2n) is 6.02. The maximum Gasteiger partial charge on any atom is 0.0712 e. The van der Waals surface area contributed by atoms with Crippen molar-refractivity contribution in [1.29, 1.82) is 0 Å². The van der Waals surface area contributed by atoms with E-state index in [4.69, 9.17) is 6.42 Å². The highest BCUT2D eigenvalue weighted by Gasteiger charge is 2.25. The predicted octanol–water partition coefficient (Wildman–Crippen LogP) is 2.74. The zero-order chi connectivity index (χ0) is 13.5. The summed E-state index contributed by atoms with van der Waals surface area (Å²) < 4.78 is 0. The summed E-state index contributed by atoms with van der Waals surface area (Å²) in [6.07, 6.45) is 9.48. The van der Waals surface area contributed by atoms with Crippen LogP contribution >= 0.6 is 0 Å². The van der Waals surface area contributed by atoms with Gasteiger partial charge in [-0.3, -0.25) is 0 Å². The summed E-state index contributed by atoms with van der Waals surface area (Å²) in [6, 6.07) is 0.755. The van der Waals surface area contributed by atoms with E-state index < -0.39 is 0 Å². The van der Waals surface area contributed by atoms with Gasteiger partial charge in [0, 0.05) is 6.04 Å². The van der Waals surface area contributed by atoms with Gasteiger partial charge in [-0.2, -0.15) is 0 Å². The van der Waals surface area contributed by atoms with Gasteiger partial charge in [0.15, 0.2) is 0 Å². The molecule has 2 nitrogen and oxygen atoms in total.